The molecular weight excluding hydrogens is 272 g/mol. The summed E-state index contributed by atoms with van der Waals surface area (Å²) in [6.45, 7) is 6.56. The number of nitrogens with zero attached hydrogens (tertiary/aromatic N) is 1. The maximum absolute atomic E-state index is 13.6. The number of amides is 1. The number of ether oxygens (including phenoxy) is 1. The maximum Gasteiger partial charge on any atom is 0.411 e. The molecule has 1 rings (SSSR count). The molecule has 1 amide bonds. The van der Waals surface area contributed by atoms with Crippen molar-refractivity contribution in [1.82, 2.24) is 4.90 Å². The quantitative estimate of drug-likeness (QED) is 0.850. The average molecular weight is 293 g/mol. The molecule has 1 fully saturated rings. The van der Waals surface area contributed by atoms with Crippen LogP contribution in [0.5, 0.6) is 0 Å². The zero-order valence-electron chi connectivity index (χ0n) is 12.2. The molecule has 0 bridgehead atoms. The lowest BCUT2D eigenvalue weighted by Gasteiger charge is -2.43. The van der Waals surface area contributed by atoms with E-state index in [-0.39, 0.29) is 6.42 Å². The molecule has 0 radical (unpaired) electrons. The average Bonchev–Trinajstić information content (AvgIpc) is 2.23. The van der Waals surface area contributed by atoms with Crippen LogP contribution < -0.4 is 0 Å². The molecule has 20 heavy (non-hydrogen) atoms. The van der Waals surface area contributed by atoms with Gasteiger partial charge in [0, 0.05) is 18.9 Å². The fourth-order valence-electron chi connectivity index (χ4n) is 2.30. The molecule has 0 aromatic rings. The smallest absolute Gasteiger partial charge is 0.411 e. The monoisotopic (exact) mass is 293 g/mol. The molecule has 116 valence electrons. The SMILES string of the molecule is CC[C@H]1CC(F)(F)C[C@@H](C(=O)O)N1C(=O)OC(C)(C)C. The summed E-state index contributed by atoms with van der Waals surface area (Å²) in [4.78, 5) is 24.3. The van der Waals surface area contributed by atoms with Crippen LogP contribution in [0.25, 0.3) is 0 Å². The van der Waals surface area contributed by atoms with Gasteiger partial charge in [-0.1, -0.05) is 6.92 Å². The zero-order valence-corrected chi connectivity index (χ0v) is 12.2. The fourth-order valence-corrected chi connectivity index (χ4v) is 2.30. The molecule has 0 unspecified atom stereocenters. The van der Waals surface area contributed by atoms with Crippen LogP contribution in [0, 0.1) is 0 Å². The van der Waals surface area contributed by atoms with Gasteiger partial charge in [-0.15, -0.1) is 0 Å². The summed E-state index contributed by atoms with van der Waals surface area (Å²) < 4.78 is 32.3. The minimum atomic E-state index is -3.08. The Labute approximate surface area is 116 Å². The largest absolute Gasteiger partial charge is 0.480 e. The molecule has 1 aliphatic rings. The van der Waals surface area contributed by atoms with E-state index in [1.54, 1.807) is 27.7 Å². The highest BCUT2D eigenvalue weighted by Gasteiger charge is 2.50. The van der Waals surface area contributed by atoms with Crippen molar-refractivity contribution in [3.63, 3.8) is 0 Å². The van der Waals surface area contributed by atoms with Gasteiger partial charge in [-0.25, -0.2) is 18.4 Å². The highest BCUT2D eigenvalue weighted by molar-refractivity contribution is 5.81. The van der Waals surface area contributed by atoms with E-state index in [9.17, 15) is 18.4 Å². The molecule has 0 saturated carbocycles. The lowest BCUT2D eigenvalue weighted by atomic mass is 9.91. The fraction of sp³-hybridized carbons (Fsp3) is 0.846. The van der Waals surface area contributed by atoms with Crippen molar-refractivity contribution in [2.45, 2.75) is 70.6 Å². The Morgan fingerprint density at radius 2 is 1.90 bits per heavy atom. The highest BCUT2D eigenvalue weighted by Crippen LogP contribution is 2.37. The van der Waals surface area contributed by atoms with Gasteiger partial charge in [0.05, 0.1) is 0 Å². The van der Waals surface area contributed by atoms with Gasteiger partial charge in [-0.2, -0.15) is 0 Å². The normalized spacial score (nSPS) is 26.2. The number of alkyl halides is 2. The van der Waals surface area contributed by atoms with Gasteiger partial charge in [0.1, 0.15) is 11.6 Å². The highest BCUT2D eigenvalue weighted by atomic mass is 19.3. The molecule has 1 heterocycles. The molecule has 0 aromatic heterocycles. The summed E-state index contributed by atoms with van der Waals surface area (Å²) in [6, 6.07) is -2.40. The second-order valence-corrected chi connectivity index (χ2v) is 6.07. The minimum absolute atomic E-state index is 0.249. The number of likely N-dealkylation sites (tertiary alicyclic amines) is 1. The molecule has 0 aliphatic carbocycles. The number of carboxylic acids is 1. The van der Waals surface area contributed by atoms with Crippen LogP contribution in [-0.2, 0) is 9.53 Å². The van der Waals surface area contributed by atoms with Gasteiger partial charge < -0.3 is 9.84 Å². The Morgan fingerprint density at radius 3 is 2.30 bits per heavy atom. The topological polar surface area (TPSA) is 66.8 Å². The lowest BCUT2D eigenvalue weighted by Crippen LogP contribution is -2.59. The molecule has 1 N–H and O–H groups in total. The summed E-state index contributed by atoms with van der Waals surface area (Å²) >= 11 is 0. The third-order valence-corrected chi connectivity index (χ3v) is 3.12. The Morgan fingerprint density at radius 1 is 1.35 bits per heavy atom. The number of carbonyl (C=O) groups excluding carboxylic acids is 1. The molecule has 1 saturated heterocycles. The van der Waals surface area contributed by atoms with Crippen LogP contribution in [0.2, 0.25) is 0 Å². The summed E-state index contributed by atoms with van der Waals surface area (Å²) in [5, 5.41) is 9.12. The number of hydrogen-bond acceptors (Lipinski definition) is 3. The predicted molar refractivity (Wildman–Crippen MR) is 67.8 cm³/mol. The first-order chi connectivity index (χ1) is 8.97. The van der Waals surface area contributed by atoms with Gasteiger partial charge in [0.15, 0.2) is 0 Å². The summed E-state index contributed by atoms with van der Waals surface area (Å²) in [5.74, 6) is -4.52. The minimum Gasteiger partial charge on any atom is -0.480 e. The van der Waals surface area contributed by atoms with E-state index < -0.39 is 48.5 Å². The molecular formula is C13H21F2NO4. The van der Waals surface area contributed by atoms with E-state index in [1.807, 2.05) is 0 Å². The Kier molecular flexibility index (Phi) is 4.61. The van der Waals surface area contributed by atoms with E-state index in [0.29, 0.717) is 0 Å². The number of carboxylic acid groups (broad SMARTS) is 1. The van der Waals surface area contributed by atoms with Crippen molar-refractivity contribution in [2.75, 3.05) is 0 Å². The van der Waals surface area contributed by atoms with Crippen LogP contribution in [0.4, 0.5) is 13.6 Å². The van der Waals surface area contributed by atoms with Gasteiger partial charge >= 0.3 is 12.1 Å². The Bertz CT molecular complexity index is 392. The van der Waals surface area contributed by atoms with E-state index >= 15 is 0 Å². The van der Waals surface area contributed by atoms with E-state index in [0.717, 1.165) is 4.90 Å². The van der Waals surface area contributed by atoms with Crippen molar-refractivity contribution in [1.29, 1.82) is 0 Å². The van der Waals surface area contributed by atoms with Crippen molar-refractivity contribution in [3.8, 4) is 0 Å². The Hall–Kier alpha value is -1.40. The van der Waals surface area contributed by atoms with Gasteiger partial charge in [0.25, 0.3) is 5.92 Å². The van der Waals surface area contributed by atoms with Crippen molar-refractivity contribution < 1.29 is 28.2 Å². The maximum atomic E-state index is 13.6. The van der Waals surface area contributed by atoms with Crippen LogP contribution in [0.3, 0.4) is 0 Å². The number of aliphatic carboxylic acids is 1. The van der Waals surface area contributed by atoms with Crippen molar-refractivity contribution >= 4 is 12.1 Å². The van der Waals surface area contributed by atoms with Crippen LogP contribution >= 0.6 is 0 Å². The second-order valence-electron chi connectivity index (χ2n) is 6.07. The number of carbonyl (C=O) groups is 2. The predicted octanol–water partition coefficient (Wildman–Crippen LogP) is 2.88. The number of rotatable bonds is 2. The van der Waals surface area contributed by atoms with Crippen LogP contribution in [0.15, 0.2) is 0 Å². The zero-order chi connectivity index (χ0) is 15.7. The first kappa shape index (κ1) is 16.7. The second kappa shape index (κ2) is 5.54. The third kappa shape index (κ3) is 4.05. The number of hydrogen-bond donors (Lipinski definition) is 1. The first-order valence-corrected chi connectivity index (χ1v) is 6.59. The first-order valence-electron chi connectivity index (χ1n) is 6.59. The van der Waals surface area contributed by atoms with E-state index in [1.165, 1.54) is 0 Å². The Balaban J connectivity index is 3.04. The van der Waals surface area contributed by atoms with E-state index in [2.05, 4.69) is 0 Å². The number of piperidine rings is 1. The third-order valence-electron chi connectivity index (χ3n) is 3.12. The van der Waals surface area contributed by atoms with Gasteiger partial charge in [-0.05, 0) is 27.2 Å². The molecule has 2 atom stereocenters. The molecule has 5 nitrogen and oxygen atoms in total. The van der Waals surface area contributed by atoms with Gasteiger partial charge in [-0.3, -0.25) is 4.90 Å². The van der Waals surface area contributed by atoms with E-state index in [4.69, 9.17) is 9.84 Å². The molecule has 1 aliphatic heterocycles. The van der Waals surface area contributed by atoms with Crippen molar-refractivity contribution in [2.24, 2.45) is 0 Å². The number of halogens is 2. The lowest BCUT2D eigenvalue weighted by molar-refractivity contribution is -0.157. The van der Waals surface area contributed by atoms with Gasteiger partial charge in [0.2, 0.25) is 0 Å². The van der Waals surface area contributed by atoms with Crippen molar-refractivity contribution in [3.05, 3.63) is 0 Å². The summed E-state index contributed by atoms with van der Waals surface area (Å²) in [7, 11) is 0. The molecule has 0 aromatic carbocycles. The molecule has 7 heteroatoms. The standard InChI is InChI=1S/C13H21F2NO4/c1-5-8-6-13(14,15)7-9(10(17)18)16(8)11(19)20-12(2,3)4/h8-9H,5-7H2,1-4H3,(H,17,18)/t8-,9-/m0/s1. The van der Waals surface area contributed by atoms with Crippen LogP contribution in [-0.4, -0.2) is 45.7 Å². The summed E-state index contributed by atoms with van der Waals surface area (Å²) in [5.41, 5.74) is -0.807. The summed E-state index contributed by atoms with van der Waals surface area (Å²) in [6.07, 6.45) is -2.02. The molecule has 0 spiro atoms. The van der Waals surface area contributed by atoms with Crippen LogP contribution in [0.1, 0.15) is 47.0 Å².